The first-order chi connectivity index (χ1) is 8.38. The molecule has 1 atom stereocenters. The van der Waals surface area contributed by atoms with E-state index in [0.717, 1.165) is 21.5 Å². The van der Waals surface area contributed by atoms with Gasteiger partial charge in [-0.05, 0) is 29.7 Å². The van der Waals surface area contributed by atoms with Crippen LogP contribution in [0.5, 0.6) is 0 Å². The van der Waals surface area contributed by atoms with E-state index in [9.17, 15) is 0 Å². The summed E-state index contributed by atoms with van der Waals surface area (Å²) in [6.07, 6.45) is 1.72. The SMILES string of the molecule is CC(C)(C)C1NC(c2ccc(Cl)cc2)=NC=C1Cl. The Morgan fingerprint density at radius 1 is 1.11 bits per heavy atom. The molecule has 96 valence electrons. The van der Waals surface area contributed by atoms with E-state index in [0.29, 0.717) is 0 Å². The van der Waals surface area contributed by atoms with Gasteiger partial charge in [-0.2, -0.15) is 0 Å². The normalized spacial score (nSPS) is 19.9. The van der Waals surface area contributed by atoms with E-state index in [2.05, 4.69) is 31.1 Å². The lowest BCUT2D eigenvalue weighted by Crippen LogP contribution is -2.45. The first-order valence-corrected chi connectivity index (χ1v) is 6.59. The molecule has 0 spiro atoms. The molecule has 1 aliphatic heterocycles. The lowest BCUT2D eigenvalue weighted by Gasteiger charge is -2.34. The van der Waals surface area contributed by atoms with Crippen LogP contribution in [0.15, 0.2) is 40.5 Å². The minimum absolute atomic E-state index is 0.0290. The maximum absolute atomic E-state index is 6.22. The Balaban J connectivity index is 2.29. The fraction of sp³-hybridized carbons (Fsp3) is 0.357. The lowest BCUT2D eigenvalue weighted by molar-refractivity contribution is 0.336. The van der Waals surface area contributed by atoms with Crippen molar-refractivity contribution >= 4 is 29.0 Å². The molecule has 1 aromatic carbocycles. The van der Waals surface area contributed by atoms with Gasteiger partial charge in [0.15, 0.2) is 0 Å². The second-order valence-electron chi connectivity index (χ2n) is 5.44. The van der Waals surface area contributed by atoms with Gasteiger partial charge in [-0.15, -0.1) is 0 Å². The third-order valence-corrected chi connectivity index (χ3v) is 3.43. The predicted molar refractivity (Wildman–Crippen MR) is 78.3 cm³/mol. The van der Waals surface area contributed by atoms with Crippen molar-refractivity contribution < 1.29 is 0 Å². The highest BCUT2D eigenvalue weighted by Crippen LogP contribution is 2.29. The van der Waals surface area contributed by atoms with Crippen LogP contribution in [-0.4, -0.2) is 11.9 Å². The van der Waals surface area contributed by atoms with Gasteiger partial charge < -0.3 is 5.32 Å². The summed E-state index contributed by atoms with van der Waals surface area (Å²) in [6.45, 7) is 6.43. The topological polar surface area (TPSA) is 24.4 Å². The van der Waals surface area contributed by atoms with Gasteiger partial charge in [0.25, 0.3) is 0 Å². The summed E-state index contributed by atoms with van der Waals surface area (Å²) < 4.78 is 0. The van der Waals surface area contributed by atoms with Crippen LogP contribution in [-0.2, 0) is 0 Å². The van der Waals surface area contributed by atoms with Crippen LogP contribution in [0, 0.1) is 5.41 Å². The summed E-state index contributed by atoms with van der Waals surface area (Å²) in [6, 6.07) is 7.67. The number of halogens is 2. The Morgan fingerprint density at radius 3 is 2.28 bits per heavy atom. The highest BCUT2D eigenvalue weighted by Gasteiger charge is 2.30. The zero-order valence-electron chi connectivity index (χ0n) is 10.7. The minimum atomic E-state index is 0.0290. The van der Waals surface area contributed by atoms with Crippen molar-refractivity contribution in [2.45, 2.75) is 26.8 Å². The number of hydrogen-bond acceptors (Lipinski definition) is 2. The number of benzene rings is 1. The molecule has 0 radical (unpaired) electrons. The average Bonchev–Trinajstić information content (AvgIpc) is 2.29. The summed E-state index contributed by atoms with van der Waals surface area (Å²) in [4.78, 5) is 4.34. The molecular weight excluding hydrogens is 267 g/mol. The van der Waals surface area contributed by atoms with Gasteiger partial charge in [0.05, 0.1) is 11.1 Å². The number of rotatable bonds is 1. The van der Waals surface area contributed by atoms with Crippen LogP contribution >= 0.6 is 23.2 Å². The van der Waals surface area contributed by atoms with Crippen molar-refractivity contribution in [2.75, 3.05) is 0 Å². The van der Waals surface area contributed by atoms with E-state index in [4.69, 9.17) is 23.2 Å². The fourth-order valence-corrected chi connectivity index (χ4v) is 2.40. The predicted octanol–water partition coefficient (Wildman–Crippen LogP) is 4.18. The highest BCUT2D eigenvalue weighted by molar-refractivity contribution is 6.31. The number of aliphatic imine (C=N–C) groups is 1. The number of nitrogens with zero attached hydrogens (tertiary/aromatic N) is 1. The molecule has 1 N–H and O–H groups in total. The summed E-state index contributed by atoms with van der Waals surface area (Å²) in [5.41, 5.74) is 1.04. The van der Waals surface area contributed by atoms with Crippen LogP contribution in [0.25, 0.3) is 0 Å². The molecule has 4 heteroatoms. The van der Waals surface area contributed by atoms with Gasteiger partial charge in [0, 0.05) is 16.8 Å². The summed E-state index contributed by atoms with van der Waals surface area (Å²) in [5, 5.41) is 4.84. The molecule has 2 rings (SSSR count). The van der Waals surface area contributed by atoms with Gasteiger partial charge in [-0.3, -0.25) is 0 Å². The molecule has 1 unspecified atom stereocenters. The molecule has 1 aromatic rings. The summed E-state index contributed by atoms with van der Waals surface area (Å²) in [5.74, 6) is 0.830. The molecule has 0 aromatic heterocycles. The van der Waals surface area contributed by atoms with Gasteiger partial charge in [0.2, 0.25) is 0 Å². The van der Waals surface area contributed by atoms with Crippen LogP contribution in [0.1, 0.15) is 26.3 Å². The molecule has 2 nitrogen and oxygen atoms in total. The molecule has 1 heterocycles. The Labute approximate surface area is 118 Å². The standard InChI is InChI=1S/C14H16Cl2N2/c1-14(2,3)12-11(16)8-17-13(18-12)9-4-6-10(15)7-5-9/h4-8,12H,1-3H3,(H,17,18). The molecule has 0 saturated carbocycles. The third-order valence-electron chi connectivity index (χ3n) is 2.86. The second kappa shape index (κ2) is 4.94. The molecule has 18 heavy (non-hydrogen) atoms. The van der Waals surface area contributed by atoms with Gasteiger partial charge in [0.1, 0.15) is 5.84 Å². The van der Waals surface area contributed by atoms with Crippen molar-refractivity contribution in [1.29, 1.82) is 0 Å². The fourth-order valence-electron chi connectivity index (χ4n) is 1.84. The van der Waals surface area contributed by atoms with E-state index in [1.807, 2.05) is 24.3 Å². The van der Waals surface area contributed by atoms with Gasteiger partial charge >= 0.3 is 0 Å². The first kappa shape index (κ1) is 13.4. The van der Waals surface area contributed by atoms with Crippen LogP contribution < -0.4 is 5.32 Å². The van der Waals surface area contributed by atoms with Crippen LogP contribution in [0.3, 0.4) is 0 Å². The maximum atomic E-state index is 6.22. The maximum Gasteiger partial charge on any atom is 0.133 e. The van der Waals surface area contributed by atoms with Crippen molar-refractivity contribution in [3.05, 3.63) is 46.1 Å². The zero-order chi connectivity index (χ0) is 13.3. The van der Waals surface area contributed by atoms with Gasteiger partial charge in [-0.1, -0.05) is 44.0 Å². The largest absolute Gasteiger partial charge is 0.361 e. The average molecular weight is 283 g/mol. The van der Waals surface area contributed by atoms with Crippen LogP contribution in [0.2, 0.25) is 5.02 Å². The smallest absolute Gasteiger partial charge is 0.133 e. The first-order valence-electron chi connectivity index (χ1n) is 5.84. The number of nitrogens with one attached hydrogen (secondary N) is 1. The van der Waals surface area contributed by atoms with E-state index in [1.165, 1.54) is 0 Å². The third kappa shape index (κ3) is 2.88. The Morgan fingerprint density at radius 2 is 1.72 bits per heavy atom. The molecular formula is C14H16Cl2N2. The van der Waals surface area contributed by atoms with E-state index < -0.39 is 0 Å². The summed E-state index contributed by atoms with van der Waals surface area (Å²) >= 11 is 12.1. The second-order valence-corrected chi connectivity index (χ2v) is 6.31. The molecule has 0 saturated heterocycles. The molecule has 0 bridgehead atoms. The molecule has 1 aliphatic rings. The quantitative estimate of drug-likeness (QED) is 0.821. The monoisotopic (exact) mass is 282 g/mol. The van der Waals surface area contributed by atoms with E-state index >= 15 is 0 Å². The molecule has 0 aliphatic carbocycles. The Hall–Kier alpha value is -0.990. The zero-order valence-corrected chi connectivity index (χ0v) is 12.2. The minimum Gasteiger partial charge on any atom is -0.361 e. The van der Waals surface area contributed by atoms with Crippen molar-refractivity contribution in [1.82, 2.24) is 5.32 Å². The van der Waals surface area contributed by atoms with Gasteiger partial charge in [-0.25, -0.2) is 4.99 Å². The Bertz CT molecular complexity index is 496. The number of amidine groups is 1. The highest BCUT2D eigenvalue weighted by atomic mass is 35.5. The number of hydrogen-bond donors (Lipinski definition) is 1. The Kier molecular flexibility index (Phi) is 3.69. The summed E-state index contributed by atoms with van der Waals surface area (Å²) in [7, 11) is 0. The van der Waals surface area contributed by atoms with Crippen molar-refractivity contribution in [3.8, 4) is 0 Å². The van der Waals surface area contributed by atoms with Crippen molar-refractivity contribution in [2.24, 2.45) is 10.4 Å². The lowest BCUT2D eigenvalue weighted by atomic mass is 9.86. The molecule has 0 amide bonds. The van der Waals surface area contributed by atoms with E-state index in [1.54, 1.807) is 6.20 Å². The van der Waals surface area contributed by atoms with Crippen LogP contribution in [0.4, 0.5) is 0 Å². The molecule has 0 fully saturated rings. The van der Waals surface area contributed by atoms with E-state index in [-0.39, 0.29) is 11.5 Å². The van der Waals surface area contributed by atoms with Crippen molar-refractivity contribution in [3.63, 3.8) is 0 Å².